The van der Waals surface area contributed by atoms with Gasteiger partial charge in [-0.25, -0.2) is 0 Å². The Kier molecular flexibility index (Phi) is 7.53. The molecule has 1 unspecified atom stereocenters. The van der Waals surface area contributed by atoms with E-state index in [9.17, 15) is 9.59 Å². The molecule has 0 aromatic heterocycles. The van der Waals surface area contributed by atoms with Gasteiger partial charge in [-0.05, 0) is 56.6 Å². The van der Waals surface area contributed by atoms with E-state index in [0.717, 1.165) is 12.1 Å². The number of rotatable bonds is 7. The van der Waals surface area contributed by atoms with Crippen molar-refractivity contribution in [3.63, 3.8) is 0 Å². The molecule has 1 N–H and O–H groups in total. The van der Waals surface area contributed by atoms with Crippen molar-refractivity contribution >= 4 is 17.4 Å². The van der Waals surface area contributed by atoms with Crippen molar-refractivity contribution in [1.82, 2.24) is 4.90 Å². The van der Waals surface area contributed by atoms with Gasteiger partial charge < -0.3 is 10.2 Å². The largest absolute Gasteiger partial charge is 0.322 e. The highest BCUT2D eigenvalue weighted by molar-refractivity contribution is 6.25. The number of allylic oxidation sites excluding steroid dienone is 4. The van der Waals surface area contributed by atoms with E-state index in [4.69, 9.17) is 0 Å². The van der Waals surface area contributed by atoms with E-state index in [0.29, 0.717) is 11.6 Å². The highest BCUT2D eigenvalue weighted by atomic mass is 16.2. The Bertz CT molecular complexity index is 798. The molecule has 150 valence electrons. The van der Waals surface area contributed by atoms with Crippen LogP contribution < -0.4 is 5.32 Å². The van der Waals surface area contributed by atoms with E-state index >= 15 is 0 Å². The molecule has 0 heterocycles. The molecule has 0 aliphatic heterocycles. The van der Waals surface area contributed by atoms with Gasteiger partial charge in [0.1, 0.15) is 0 Å². The van der Waals surface area contributed by atoms with Crippen molar-refractivity contribution in [3.05, 3.63) is 65.3 Å². The SMILES string of the molecule is C/C=C(\C1C=CC=C(C(=O)Nc2ccc(C(C)C)cc2)C1=O)[C@@H](C)CN(C)C. The number of amides is 1. The monoisotopic (exact) mass is 380 g/mol. The van der Waals surface area contributed by atoms with Gasteiger partial charge in [-0.1, -0.05) is 56.7 Å². The third-order valence-electron chi connectivity index (χ3n) is 5.09. The summed E-state index contributed by atoms with van der Waals surface area (Å²) < 4.78 is 0. The molecule has 28 heavy (non-hydrogen) atoms. The Morgan fingerprint density at radius 1 is 1.18 bits per heavy atom. The third-order valence-corrected chi connectivity index (χ3v) is 5.09. The van der Waals surface area contributed by atoms with Gasteiger partial charge in [-0.3, -0.25) is 9.59 Å². The number of ketones is 1. The molecule has 0 saturated heterocycles. The molecule has 0 bridgehead atoms. The zero-order chi connectivity index (χ0) is 20.8. The lowest BCUT2D eigenvalue weighted by molar-refractivity contribution is -0.121. The van der Waals surface area contributed by atoms with Crippen LogP contribution in [0.15, 0.2) is 59.7 Å². The van der Waals surface area contributed by atoms with Crippen molar-refractivity contribution in [2.75, 3.05) is 26.0 Å². The van der Waals surface area contributed by atoms with Crippen LogP contribution in [0.2, 0.25) is 0 Å². The summed E-state index contributed by atoms with van der Waals surface area (Å²) in [7, 11) is 4.04. The number of nitrogens with zero attached hydrogens (tertiary/aromatic N) is 1. The minimum absolute atomic E-state index is 0.141. The fourth-order valence-corrected chi connectivity index (χ4v) is 3.62. The van der Waals surface area contributed by atoms with E-state index in [1.807, 2.05) is 63.5 Å². The first-order valence-corrected chi connectivity index (χ1v) is 9.89. The van der Waals surface area contributed by atoms with Crippen LogP contribution in [0, 0.1) is 11.8 Å². The molecular weight excluding hydrogens is 348 g/mol. The van der Waals surface area contributed by atoms with Crippen LogP contribution in [0.3, 0.4) is 0 Å². The van der Waals surface area contributed by atoms with Crippen molar-refractivity contribution < 1.29 is 9.59 Å². The minimum Gasteiger partial charge on any atom is -0.322 e. The minimum atomic E-state index is -0.381. The number of nitrogens with one attached hydrogen (secondary N) is 1. The molecular formula is C24H32N2O2. The van der Waals surface area contributed by atoms with Crippen molar-refractivity contribution in [2.24, 2.45) is 11.8 Å². The summed E-state index contributed by atoms with van der Waals surface area (Å²) in [5.74, 6) is -0.217. The summed E-state index contributed by atoms with van der Waals surface area (Å²) in [6.45, 7) is 9.18. The van der Waals surface area contributed by atoms with Gasteiger partial charge in [-0.2, -0.15) is 0 Å². The van der Waals surface area contributed by atoms with E-state index in [-0.39, 0.29) is 29.1 Å². The lowest BCUT2D eigenvalue weighted by Gasteiger charge is -2.26. The number of hydrogen-bond donors (Lipinski definition) is 1. The Balaban J connectivity index is 2.13. The molecule has 1 aliphatic rings. The van der Waals surface area contributed by atoms with Gasteiger partial charge in [0.2, 0.25) is 0 Å². The molecule has 1 amide bonds. The smallest absolute Gasteiger partial charge is 0.259 e. The zero-order valence-electron chi connectivity index (χ0n) is 17.8. The van der Waals surface area contributed by atoms with Gasteiger partial charge in [0.05, 0.1) is 11.5 Å². The molecule has 0 spiro atoms. The van der Waals surface area contributed by atoms with Crippen LogP contribution in [0.1, 0.15) is 39.2 Å². The number of Topliss-reactive ketones (excluding diaryl/α,β-unsaturated/α-hetero) is 1. The molecule has 1 aliphatic carbocycles. The number of carbonyl (C=O) groups is 2. The molecule has 2 atom stereocenters. The number of hydrogen-bond acceptors (Lipinski definition) is 3. The first kappa shape index (κ1) is 21.8. The maximum Gasteiger partial charge on any atom is 0.259 e. The summed E-state index contributed by atoms with van der Waals surface area (Å²) in [5, 5.41) is 2.86. The lowest BCUT2D eigenvalue weighted by Crippen LogP contribution is -2.31. The quantitative estimate of drug-likeness (QED) is 0.557. The fourth-order valence-electron chi connectivity index (χ4n) is 3.62. The van der Waals surface area contributed by atoms with E-state index < -0.39 is 0 Å². The second-order valence-corrected chi connectivity index (χ2v) is 7.99. The van der Waals surface area contributed by atoms with Crippen molar-refractivity contribution in [3.8, 4) is 0 Å². The van der Waals surface area contributed by atoms with Gasteiger partial charge in [0.25, 0.3) is 5.91 Å². The van der Waals surface area contributed by atoms with Crippen LogP contribution in [0.5, 0.6) is 0 Å². The Labute approximate surface area is 169 Å². The molecule has 4 heteroatoms. The summed E-state index contributed by atoms with van der Waals surface area (Å²) >= 11 is 0. The van der Waals surface area contributed by atoms with Crippen LogP contribution in [-0.4, -0.2) is 37.2 Å². The maximum absolute atomic E-state index is 13.1. The standard InChI is InChI=1S/C24H32N2O2/c1-7-20(17(4)15-26(5)6)21-9-8-10-22(23(21)27)24(28)25-19-13-11-18(12-14-19)16(2)3/h7-14,16-17,21H,15H2,1-6H3,(H,25,28)/b20-7-/t17-,21?/m0/s1. The predicted molar refractivity (Wildman–Crippen MR) is 116 cm³/mol. The Morgan fingerprint density at radius 2 is 1.82 bits per heavy atom. The average molecular weight is 381 g/mol. The van der Waals surface area contributed by atoms with Crippen LogP contribution >= 0.6 is 0 Å². The molecule has 1 aromatic rings. The first-order valence-electron chi connectivity index (χ1n) is 9.89. The average Bonchev–Trinajstić information content (AvgIpc) is 2.63. The van der Waals surface area contributed by atoms with Gasteiger partial charge in [0, 0.05) is 12.2 Å². The van der Waals surface area contributed by atoms with Gasteiger partial charge >= 0.3 is 0 Å². The van der Waals surface area contributed by atoms with Gasteiger partial charge in [0.15, 0.2) is 5.78 Å². The number of benzene rings is 1. The normalized spacial score (nSPS) is 18.4. The van der Waals surface area contributed by atoms with E-state index in [1.54, 1.807) is 6.08 Å². The molecule has 4 nitrogen and oxygen atoms in total. The highest BCUT2D eigenvalue weighted by Crippen LogP contribution is 2.28. The fraction of sp³-hybridized carbons (Fsp3) is 0.417. The maximum atomic E-state index is 13.1. The second-order valence-electron chi connectivity index (χ2n) is 7.99. The van der Waals surface area contributed by atoms with Crippen LogP contribution in [0.25, 0.3) is 0 Å². The molecule has 1 aromatic carbocycles. The van der Waals surface area contributed by atoms with Gasteiger partial charge in [-0.15, -0.1) is 0 Å². The summed E-state index contributed by atoms with van der Waals surface area (Å²) in [6, 6.07) is 7.76. The molecule has 2 rings (SSSR count). The van der Waals surface area contributed by atoms with Crippen LogP contribution in [0.4, 0.5) is 5.69 Å². The topological polar surface area (TPSA) is 49.4 Å². The zero-order valence-corrected chi connectivity index (χ0v) is 17.8. The first-order chi connectivity index (χ1) is 13.2. The lowest BCUT2D eigenvalue weighted by atomic mass is 9.80. The Hall–Kier alpha value is -2.46. The summed E-state index contributed by atoms with van der Waals surface area (Å²) in [6.07, 6.45) is 7.32. The van der Waals surface area contributed by atoms with E-state index in [2.05, 4.69) is 31.0 Å². The number of anilines is 1. The van der Waals surface area contributed by atoms with Crippen molar-refractivity contribution in [2.45, 2.75) is 33.6 Å². The molecule has 0 fully saturated rings. The van der Waals surface area contributed by atoms with Crippen LogP contribution in [-0.2, 0) is 9.59 Å². The molecule has 0 saturated carbocycles. The molecule has 0 radical (unpaired) electrons. The highest BCUT2D eigenvalue weighted by Gasteiger charge is 2.31. The third kappa shape index (κ3) is 5.29. The number of carbonyl (C=O) groups excluding carboxylic acids is 2. The summed E-state index contributed by atoms with van der Waals surface area (Å²) in [4.78, 5) is 27.9. The second kappa shape index (κ2) is 9.65. The van der Waals surface area contributed by atoms with Crippen molar-refractivity contribution in [1.29, 1.82) is 0 Å². The summed E-state index contributed by atoms with van der Waals surface area (Å²) in [5.41, 5.74) is 3.16. The predicted octanol–water partition coefficient (Wildman–Crippen LogP) is 4.57. The Morgan fingerprint density at radius 3 is 2.36 bits per heavy atom. The van der Waals surface area contributed by atoms with E-state index in [1.165, 1.54) is 5.56 Å².